The number of methoxy groups -OCH3 is 1. The van der Waals surface area contributed by atoms with Crippen LogP contribution < -0.4 is 11.1 Å². The Morgan fingerprint density at radius 3 is 2.61 bits per heavy atom. The van der Waals surface area contributed by atoms with Gasteiger partial charge in [-0.2, -0.15) is 0 Å². The lowest BCUT2D eigenvalue weighted by Crippen LogP contribution is -2.23. The second kappa shape index (κ2) is 8.05. The van der Waals surface area contributed by atoms with E-state index in [0.717, 1.165) is 15.4 Å². The van der Waals surface area contributed by atoms with Gasteiger partial charge in [-0.05, 0) is 23.8 Å². The zero-order valence-corrected chi connectivity index (χ0v) is 16.7. The number of ether oxygens (including phenoxy) is 1. The molecule has 0 spiro atoms. The van der Waals surface area contributed by atoms with Crippen molar-refractivity contribution in [2.24, 2.45) is 0 Å². The van der Waals surface area contributed by atoms with Crippen LogP contribution in [0.15, 0.2) is 41.6 Å². The van der Waals surface area contributed by atoms with Crippen LogP contribution in [-0.4, -0.2) is 62.0 Å². The second-order valence-electron chi connectivity index (χ2n) is 6.27. The number of hydrogen-bond acceptors (Lipinski definition) is 8. The number of anilines is 2. The Morgan fingerprint density at radius 1 is 1.11 bits per heavy atom. The third-order valence-electron chi connectivity index (χ3n) is 4.13. The zero-order valence-electron chi connectivity index (χ0n) is 15.9. The highest BCUT2D eigenvalue weighted by molar-refractivity contribution is 7.89. The number of nitrogen functional groups attached to an aromatic ring is 1. The molecule has 0 bridgehead atoms. The van der Waals surface area contributed by atoms with Crippen molar-refractivity contribution in [2.45, 2.75) is 4.90 Å². The minimum atomic E-state index is -3.70. The molecule has 0 aliphatic rings. The fraction of sp³-hybridized carbons (Fsp3) is 0.278. The third-order valence-corrected chi connectivity index (χ3v) is 5.97. The molecule has 3 N–H and O–H groups in total. The first-order valence-electron chi connectivity index (χ1n) is 8.51. The highest BCUT2D eigenvalue weighted by atomic mass is 32.2. The molecular formula is C18H22N6O3S. The van der Waals surface area contributed by atoms with Crippen LogP contribution in [0.3, 0.4) is 0 Å². The third kappa shape index (κ3) is 4.03. The Morgan fingerprint density at radius 2 is 1.89 bits per heavy atom. The molecule has 0 atom stereocenters. The Hall–Kier alpha value is -2.82. The van der Waals surface area contributed by atoms with E-state index in [1.54, 1.807) is 19.5 Å². The van der Waals surface area contributed by atoms with Crippen LogP contribution in [0.1, 0.15) is 0 Å². The zero-order chi connectivity index (χ0) is 20.3. The Bertz CT molecular complexity index is 1100. The summed E-state index contributed by atoms with van der Waals surface area (Å²) in [5.41, 5.74) is 8.59. The van der Waals surface area contributed by atoms with Crippen LogP contribution in [0.5, 0.6) is 0 Å². The fourth-order valence-corrected chi connectivity index (χ4v) is 3.56. The van der Waals surface area contributed by atoms with Crippen molar-refractivity contribution < 1.29 is 13.2 Å². The first kappa shape index (κ1) is 19.9. The number of hydrogen-bond donors (Lipinski definition) is 2. The highest BCUT2D eigenvalue weighted by Crippen LogP contribution is 2.28. The predicted molar refractivity (Wildman–Crippen MR) is 108 cm³/mol. The molecule has 28 heavy (non-hydrogen) atoms. The first-order chi connectivity index (χ1) is 13.3. The summed E-state index contributed by atoms with van der Waals surface area (Å²) in [6, 6.07) is 7.03. The summed E-state index contributed by atoms with van der Waals surface area (Å²) in [6.45, 7) is 1.17. The number of nitrogens with zero attached hydrogens (tertiary/aromatic N) is 4. The van der Waals surface area contributed by atoms with E-state index in [1.807, 2.05) is 18.2 Å². The number of sulfonamides is 1. The number of pyridine rings is 1. The van der Waals surface area contributed by atoms with Gasteiger partial charge in [0.2, 0.25) is 10.0 Å². The molecule has 10 heteroatoms. The van der Waals surface area contributed by atoms with Crippen molar-refractivity contribution >= 4 is 32.7 Å². The van der Waals surface area contributed by atoms with Crippen molar-refractivity contribution in [3.8, 4) is 11.1 Å². The van der Waals surface area contributed by atoms with E-state index in [-0.39, 0.29) is 10.7 Å². The molecule has 0 fully saturated rings. The van der Waals surface area contributed by atoms with Gasteiger partial charge in [-0.3, -0.25) is 4.98 Å². The quantitative estimate of drug-likeness (QED) is 0.571. The van der Waals surface area contributed by atoms with Gasteiger partial charge in [-0.25, -0.2) is 22.7 Å². The van der Waals surface area contributed by atoms with Crippen molar-refractivity contribution in [3.63, 3.8) is 0 Å². The van der Waals surface area contributed by atoms with E-state index in [1.165, 1.54) is 20.2 Å². The van der Waals surface area contributed by atoms with Crippen molar-refractivity contribution in [2.75, 3.05) is 45.4 Å². The highest BCUT2D eigenvalue weighted by Gasteiger charge is 2.22. The van der Waals surface area contributed by atoms with E-state index in [0.29, 0.717) is 30.0 Å². The number of aromatic nitrogens is 3. The van der Waals surface area contributed by atoms with Crippen LogP contribution in [0.25, 0.3) is 22.2 Å². The fourth-order valence-electron chi connectivity index (χ4n) is 2.57. The number of nitrogens with one attached hydrogen (secondary N) is 1. The number of benzene rings is 1. The van der Waals surface area contributed by atoms with Crippen LogP contribution >= 0.6 is 0 Å². The van der Waals surface area contributed by atoms with Crippen molar-refractivity contribution in [1.82, 2.24) is 19.3 Å². The topological polar surface area (TPSA) is 123 Å². The summed E-state index contributed by atoms with van der Waals surface area (Å²) >= 11 is 0. The predicted octanol–water partition coefficient (Wildman–Crippen LogP) is 1.58. The SMILES string of the molecule is COCCNc1cnc2ccc(-c3cnc(N)c(S(=O)(=O)N(C)C)c3)cc2n1. The summed E-state index contributed by atoms with van der Waals surface area (Å²) < 4.78 is 31.1. The lowest BCUT2D eigenvalue weighted by molar-refractivity contribution is 0.210. The minimum absolute atomic E-state index is 0.0313. The largest absolute Gasteiger partial charge is 0.383 e. The maximum absolute atomic E-state index is 12.5. The van der Waals surface area contributed by atoms with E-state index >= 15 is 0 Å². The summed E-state index contributed by atoms with van der Waals surface area (Å²) in [5.74, 6) is 0.593. The van der Waals surface area contributed by atoms with Gasteiger partial charge in [0.25, 0.3) is 0 Å². The standard InChI is InChI=1S/C18H22N6O3S/c1-24(2)28(25,26)16-9-13(10-22-18(16)19)12-4-5-14-15(8-12)23-17(11-21-14)20-6-7-27-3/h4-5,8-11H,6-7H2,1-3H3,(H2,19,22)(H,20,23). The average molecular weight is 402 g/mol. The van der Waals surface area contributed by atoms with Crippen LogP contribution in [-0.2, 0) is 14.8 Å². The van der Waals surface area contributed by atoms with Gasteiger partial charge in [0.05, 0.1) is 23.8 Å². The van der Waals surface area contributed by atoms with Gasteiger partial charge in [0, 0.05) is 39.5 Å². The van der Waals surface area contributed by atoms with E-state index < -0.39 is 10.0 Å². The summed E-state index contributed by atoms with van der Waals surface area (Å²) in [6.07, 6.45) is 3.20. The molecule has 0 saturated heterocycles. The Kier molecular flexibility index (Phi) is 5.73. The Labute approximate surface area is 163 Å². The minimum Gasteiger partial charge on any atom is -0.383 e. The molecule has 0 aliphatic carbocycles. The van der Waals surface area contributed by atoms with Gasteiger partial charge in [0.15, 0.2) is 0 Å². The van der Waals surface area contributed by atoms with Gasteiger partial charge < -0.3 is 15.8 Å². The van der Waals surface area contributed by atoms with Crippen LogP contribution in [0.4, 0.5) is 11.6 Å². The lowest BCUT2D eigenvalue weighted by Gasteiger charge is -2.14. The van der Waals surface area contributed by atoms with Gasteiger partial charge >= 0.3 is 0 Å². The molecule has 148 valence electrons. The molecular weight excluding hydrogens is 380 g/mol. The van der Waals surface area contributed by atoms with Gasteiger partial charge in [-0.1, -0.05) is 6.07 Å². The molecule has 9 nitrogen and oxygen atoms in total. The van der Waals surface area contributed by atoms with Crippen molar-refractivity contribution in [1.29, 1.82) is 0 Å². The molecule has 1 aromatic carbocycles. The summed E-state index contributed by atoms with van der Waals surface area (Å²) in [7, 11) is 0.825. The van der Waals surface area contributed by atoms with Crippen LogP contribution in [0, 0.1) is 0 Å². The molecule has 3 rings (SSSR count). The smallest absolute Gasteiger partial charge is 0.246 e. The molecule has 0 aliphatic heterocycles. The second-order valence-corrected chi connectivity index (χ2v) is 8.39. The maximum atomic E-state index is 12.5. The molecule has 0 radical (unpaired) electrons. The van der Waals surface area contributed by atoms with Crippen molar-refractivity contribution in [3.05, 3.63) is 36.7 Å². The molecule has 0 saturated carbocycles. The molecule has 3 aromatic rings. The van der Waals surface area contributed by atoms with E-state index in [2.05, 4.69) is 20.3 Å². The molecule has 0 amide bonds. The number of nitrogens with two attached hydrogens (primary N) is 1. The molecule has 2 heterocycles. The molecule has 2 aromatic heterocycles. The van der Waals surface area contributed by atoms with Gasteiger partial charge in [-0.15, -0.1) is 0 Å². The monoisotopic (exact) mass is 402 g/mol. The van der Waals surface area contributed by atoms with Crippen LogP contribution in [0.2, 0.25) is 0 Å². The number of rotatable bonds is 7. The van der Waals surface area contributed by atoms with E-state index in [9.17, 15) is 8.42 Å². The summed E-state index contributed by atoms with van der Waals surface area (Å²) in [4.78, 5) is 13.0. The lowest BCUT2D eigenvalue weighted by atomic mass is 10.1. The normalized spacial score (nSPS) is 11.9. The Balaban J connectivity index is 2.01. The number of fused-ring (bicyclic) bond motifs is 1. The summed E-state index contributed by atoms with van der Waals surface area (Å²) in [5, 5.41) is 3.13. The van der Waals surface area contributed by atoms with E-state index in [4.69, 9.17) is 10.5 Å². The molecule has 0 unspecified atom stereocenters. The average Bonchev–Trinajstić information content (AvgIpc) is 2.67. The first-order valence-corrected chi connectivity index (χ1v) is 9.95. The van der Waals surface area contributed by atoms with Gasteiger partial charge in [0.1, 0.15) is 16.5 Å². The maximum Gasteiger partial charge on any atom is 0.246 e.